The van der Waals surface area contributed by atoms with Gasteiger partial charge in [-0.25, -0.2) is 18.2 Å². The standard InChI is InChI=1S/C14H6ClF3N2OS/c15-10-7(16)4-5-9-12(10)22-14(19-9)20-13(21)6-2-1-3-8(17)11(6)18/h1-5H,(H,19,20,21). The molecule has 1 N–H and O–H groups in total. The Balaban J connectivity index is 1.94. The monoisotopic (exact) mass is 342 g/mol. The molecule has 0 saturated carbocycles. The van der Waals surface area contributed by atoms with Crippen molar-refractivity contribution in [2.24, 2.45) is 0 Å². The lowest BCUT2D eigenvalue weighted by Crippen LogP contribution is -2.14. The van der Waals surface area contributed by atoms with E-state index in [4.69, 9.17) is 11.6 Å². The number of nitrogens with zero attached hydrogens (tertiary/aromatic N) is 1. The van der Waals surface area contributed by atoms with E-state index in [2.05, 4.69) is 10.3 Å². The summed E-state index contributed by atoms with van der Waals surface area (Å²) in [6, 6.07) is 5.84. The minimum absolute atomic E-state index is 0.104. The van der Waals surface area contributed by atoms with Crippen LogP contribution in [0.15, 0.2) is 30.3 Å². The molecule has 112 valence electrons. The molecule has 0 aliphatic heterocycles. The molecule has 1 aromatic heterocycles. The number of aromatic nitrogens is 1. The molecule has 0 fully saturated rings. The van der Waals surface area contributed by atoms with Crippen LogP contribution in [0.4, 0.5) is 18.3 Å². The maximum absolute atomic E-state index is 13.6. The Morgan fingerprint density at radius 2 is 1.91 bits per heavy atom. The van der Waals surface area contributed by atoms with E-state index in [0.717, 1.165) is 29.5 Å². The lowest BCUT2D eigenvalue weighted by atomic mass is 10.2. The average Bonchev–Trinajstić information content (AvgIpc) is 2.89. The number of carbonyl (C=O) groups excluding carboxylic acids is 1. The molecule has 0 aliphatic rings. The first-order valence-electron chi connectivity index (χ1n) is 5.97. The van der Waals surface area contributed by atoms with Crippen molar-refractivity contribution < 1.29 is 18.0 Å². The number of anilines is 1. The molecule has 3 nitrogen and oxygen atoms in total. The van der Waals surface area contributed by atoms with E-state index in [1.807, 2.05) is 0 Å². The zero-order chi connectivity index (χ0) is 15.9. The SMILES string of the molecule is O=C(Nc1nc2ccc(F)c(Cl)c2s1)c1cccc(F)c1F. The zero-order valence-electron chi connectivity index (χ0n) is 10.7. The van der Waals surface area contributed by atoms with E-state index in [-0.39, 0.29) is 10.2 Å². The third-order valence-corrected chi connectivity index (χ3v) is 4.35. The molecular formula is C14H6ClF3N2OS. The lowest BCUT2D eigenvalue weighted by molar-refractivity contribution is 0.102. The summed E-state index contributed by atoms with van der Waals surface area (Å²) in [7, 11) is 0. The number of nitrogens with one attached hydrogen (secondary N) is 1. The number of benzene rings is 2. The summed E-state index contributed by atoms with van der Waals surface area (Å²) in [4.78, 5) is 16.0. The van der Waals surface area contributed by atoms with Gasteiger partial charge < -0.3 is 0 Å². The number of rotatable bonds is 2. The van der Waals surface area contributed by atoms with Crippen LogP contribution in [0.1, 0.15) is 10.4 Å². The van der Waals surface area contributed by atoms with E-state index >= 15 is 0 Å². The number of halogens is 4. The van der Waals surface area contributed by atoms with Gasteiger partial charge in [-0.15, -0.1) is 0 Å². The number of fused-ring (bicyclic) bond motifs is 1. The van der Waals surface area contributed by atoms with Gasteiger partial charge in [0.2, 0.25) is 0 Å². The second-order valence-electron chi connectivity index (χ2n) is 4.28. The van der Waals surface area contributed by atoms with Crippen molar-refractivity contribution in [3.63, 3.8) is 0 Å². The highest BCUT2D eigenvalue weighted by Gasteiger charge is 2.17. The molecule has 0 bridgehead atoms. The molecule has 2 aromatic carbocycles. The van der Waals surface area contributed by atoms with Crippen LogP contribution in [0.3, 0.4) is 0 Å². The maximum Gasteiger partial charge on any atom is 0.260 e. The summed E-state index contributed by atoms with van der Waals surface area (Å²) in [6.07, 6.45) is 0. The van der Waals surface area contributed by atoms with Crippen LogP contribution in [-0.4, -0.2) is 10.9 Å². The first-order valence-corrected chi connectivity index (χ1v) is 7.16. The second-order valence-corrected chi connectivity index (χ2v) is 5.66. The zero-order valence-corrected chi connectivity index (χ0v) is 12.2. The molecule has 3 aromatic rings. The van der Waals surface area contributed by atoms with Crippen molar-refractivity contribution in [3.8, 4) is 0 Å². The molecule has 3 rings (SSSR count). The largest absolute Gasteiger partial charge is 0.298 e. The molecule has 1 heterocycles. The highest BCUT2D eigenvalue weighted by Crippen LogP contribution is 2.33. The van der Waals surface area contributed by atoms with Crippen molar-refractivity contribution in [1.82, 2.24) is 4.98 Å². The molecule has 22 heavy (non-hydrogen) atoms. The normalized spacial score (nSPS) is 10.9. The summed E-state index contributed by atoms with van der Waals surface area (Å²) in [5.41, 5.74) is -0.0528. The topological polar surface area (TPSA) is 42.0 Å². The molecule has 0 aliphatic carbocycles. The summed E-state index contributed by atoms with van der Waals surface area (Å²) in [5, 5.41) is 2.35. The van der Waals surface area contributed by atoms with E-state index in [1.165, 1.54) is 12.1 Å². The predicted molar refractivity (Wildman–Crippen MR) is 78.9 cm³/mol. The molecule has 0 unspecified atom stereocenters. The van der Waals surface area contributed by atoms with Gasteiger partial charge in [-0.3, -0.25) is 10.1 Å². The van der Waals surface area contributed by atoms with Crippen LogP contribution in [0.2, 0.25) is 5.02 Å². The van der Waals surface area contributed by atoms with Crippen molar-refractivity contribution in [2.75, 3.05) is 5.32 Å². The molecule has 1 amide bonds. The maximum atomic E-state index is 13.6. The number of hydrogen-bond acceptors (Lipinski definition) is 3. The van der Waals surface area contributed by atoms with Gasteiger partial charge in [-0.05, 0) is 24.3 Å². The second kappa shape index (κ2) is 5.58. The van der Waals surface area contributed by atoms with Crippen LogP contribution in [0.5, 0.6) is 0 Å². The Morgan fingerprint density at radius 3 is 2.68 bits per heavy atom. The minimum atomic E-state index is -1.25. The molecule has 0 spiro atoms. The highest BCUT2D eigenvalue weighted by atomic mass is 35.5. The smallest absolute Gasteiger partial charge is 0.260 e. The summed E-state index contributed by atoms with van der Waals surface area (Å²) >= 11 is 6.75. The van der Waals surface area contributed by atoms with Crippen LogP contribution in [0.25, 0.3) is 10.2 Å². The number of amides is 1. The molecular weight excluding hydrogens is 337 g/mol. The Hall–Kier alpha value is -2.12. The summed E-state index contributed by atoms with van der Waals surface area (Å²) in [5.74, 6) is -3.83. The summed E-state index contributed by atoms with van der Waals surface area (Å²) in [6.45, 7) is 0. The average molecular weight is 343 g/mol. The third-order valence-electron chi connectivity index (χ3n) is 2.87. The fourth-order valence-corrected chi connectivity index (χ4v) is 2.99. The van der Waals surface area contributed by atoms with Crippen molar-refractivity contribution in [2.45, 2.75) is 0 Å². The van der Waals surface area contributed by atoms with Gasteiger partial charge in [0.25, 0.3) is 5.91 Å². The molecule has 0 radical (unpaired) electrons. The van der Waals surface area contributed by atoms with Gasteiger partial charge in [0.1, 0.15) is 5.82 Å². The first-order chi connectivity index (χ1) is 10.5. The summed E-state index contributed by atoms with van der Waals surface area (Å²) < 4.78 is 40.4. The van der Waals surface area contributed by atoms with E-state index in [9.17, 15) is 18.0 Å². The number of thiazole rings is 1. The fraction of sp³-hybridized carbons (Fsp3) is 0. The minimum Gasteiger partial charge on any atom is -0.298 e. The van der Waals surface area contributed by atoms with E-state index in [0.29, 0.717) is 10.2 Å². The van der Waals surface area contributed by atoms with Gasteiger partial charge >= 0.3 is 0 Å². The Kier molecular flexibility index (Phi) is 3.76. The fourth-order valence-electron chi connectivity index (χ4n) is 1.83. The Morgan fingerprint density at radius 1 is 1.14 bits per heavy atom. The Labute approximate surface area is 131 Å². The van der Waals surface area contributed by atoms with Crippen LogP contribution >= 0.6 is 22.9 Å². The predicted octanol–water partition coefficient (Wildman–Crippen LogP) is 4.62. The third kappa shape index (κ3) is 2.53. The number of carbonyl (C=O) groups is 1. The van der Waals surface area contributed by atoms with Gasteiger partial charge in [0, 0.05) is 0 Å². The lowest BCUT2D eigenvalue weighted by Gasteiger charge is -2.03. The molecule has 0 atom stereocenters. The van der Waals surface area contributed by atoms with Crippen LogP contribution in [0, 0.1) is 17.5 Å². The van der Waals surface area contributed by atoms with Crippen molar-refractivity contribution in [3.05, 3.63) is 58.4 Å². The van der Waals surface area contributed by atoms with Gasteiger partial charge in [-0.1, -0.05) is 29.0 Å². The van der Waals surface area contributed by atoms with Gasteiger partial charge in [0.15, 0.2) is 16.8 Å². The molecule has 0 saturated heterocycles. The van der Waals surface area contributed by atoms with E-state index < -0.39 is 28.9 Å². The van der Waals surface area contributed by atoms with Gasteiger partial charge in [-0.2, -0.15) is 0 Å². The van der Waals surface area contributed by atoms with E-state index in [1.54, 1.807) is 0 Å². The van der Waals surface area contributed by atoms with Gasteiger partial charge in [0.05, 0.1) is 20.8 Å². The Bertz CT molecular complexity index is 897. The van der Waals surface area contributed by atoms with Crippen LogP contribution in [-0.2, 0) is 0 Å². The van der Waals surface area contributed by atoms with Crippen molar-refractivity contribution >= 4 is 44.2 Å². The van der Waals surface area contributed by atoms with Crippen molar-refractivity contribution in [1.29, 1.82) is 0 Å². The quantitative estimate of drug-likeness (QED) is 0.738. The molecule has 8 heteroatoms. The first kappa shape index (κ1) is 14.8. The number of hydrogen-bond donors (Lipinski definition) is 1. The van der Waals surface area contributed by atoms with Crippen LogP contribution < -0.4 is 5.32 Å². The highest BCUT2D eigenvalue weighted by molar-refractivity contribution is 7.23.